The molecule has 0 saturated carbocycles. The number of carbonyl (C=O) groups is 1. The largest absolute Gasteiger partial charge is 0.399 e. The van der Waals surface area contributed by atoms with Crippen molar-refractivity contribution in [2.75, 3.05) is 10.6 Å². The number of pyridine rings is 2. The van der Waals surface area contributed by atoms with Crippen LogP contribution in [0.5, 0.6) is 0 Å². The minimum atomic E-state index is -2.71. The van der Waals surface area contributed by atoms with Crippen LogP contribution in [0, 0.1) is 0 Å². The van der Waals surface area contributed by atoms with Gasteiger partial charge in [0.15, 0.2) is 0 Å². The molecule has 0 aromatic carbocycles. The predicted molar refractivity (Wildman–Crippen MR) is 70.7 cm³/mol. The number of amides is 1. The van der Waals surface area contributed by atoms with E-state index in [0.717, 1.165) is 6.07 Å². The van der Waals surface area contributed by atoms with Gasteiger partial charge in [-0.3, -0.25) is 14.7 Å². The Kier molecular flexibility index (Phi) is 3.88. The van der Waals surface area contributed by atoms with Crippen LogP contribution in [-0.2, 0) is 4.79 Å². The first kappa shape index (κ1) is 13.9. The molecule has 1 amide bonds. The Morgan fingerprint density at radius 3 is 2.55 bits per heavy atom. The molecule has 0 unspecified atom stereocenters. The molecule has 2 aromatic heterocycles. The molecular formula is C13H12F2N4O. The number of nitrogens with two attached hydrogens (primary N) is 1. The molecule has 0 fully saturated rings. The highest BCUT2D eigenvalue weighted by Crippen LogP contribution is 2.27. The van der Waals surface area contributed by atoms with E-state index < -0.39 is 12.1 Å². The summed E-state index contributed by atoms with van der Waals surface area (Å²) in [5, 5.41) is 0. The molecule has 0 aliphatic heterocycles. The van der Waals surface area contributed by atoms with Gasteiger partial charge in [-0.1, -0.05) is 0 Å². The maximum Gasteiger partial charge on any atom is 0.280 e. The van der Waals surface area contributed by atoms with E-state index in [4.69, 9.17) is 5.73 Å². The van der Waals surface area contributed by atoms with Gasteiger partial charge >= 0.3 is 0 Å². The third kappa shape index (κ3) is 2.87. The molecule has 0 aliphatic carbocycles. The Balaban J connectivity index is 2.49. The van der Waals surface area contributed by atoms with Crippen molar-refractivity contribution in [3.63, 3.8) is 0 Å². The first-order valence-electron chi connectivity index (χ1n) is 5.75. The fraction of sp³-hybridized carbons (Fsp3) is 0.154. The van der Waals surface area contributed by atoms with E-state index in [1.54, 1.807) is 6.07 Å². The molecule has 2 N–H and O–H groups in total. The lowest BCUT2D eigenvalue weighted by atomic mass is 10.2. The number of hydrogen-bond acceptors (Lipinski definition) is 4. The standard InChI is InChI=1S/C13H12F2N4O/c1-8(20)19(12-6-9(16)2-4-18-12)10-3-5-17-11(7-10)13(14)15/h2-7,13H,1H3,(H2,16,18). The Morgan fingerprint density at radius 1 is 1.25 bits per heavy atom. The van der Waals surface area contributed by atoms with Crippen molar-refractivity contribution in [2.45, 2.75) is 13.3 Å². The van der Waals surface area contributed by atoms with Crippen molar-refractivity contribution < 1.29 is 13.6 Å². The number of carbonyl (C=O) groups excluding carboxylic acids is 1. The summed E-state index contributed by atoms with van der Waals surface area (Å²) < 4.78 is 25.4. The number of aromatic nitrogens is 2. The van der Waals surface area contributed by atoms with Crippen LogP contribution in [0.15, 0.2) is 36.7 Å². The molecule has 2 aromatic rings. The summed E-state index contributed by atoms with van der Waals surface area (Å²) >= 11 is 0. The van der Waals surface area contributed by atoms with Crippen LogP contribution in [0.4, 0.5) is 26.0 Å². The summed E-state index contributed by atoms with van der Waals surface area (Å²) in [5.41, 5.74) is 5.92. The summed E-state index contributed by atoms with van der Waals surface area (Å²) in [7, 11) is 0. The summed E-state index contributed by atoms with van der Waals surface area (Å²) in [6, 6.07) is 5.66. The van der Waals surface area contributed by atoms with Crippen molar-refractivity contribution in [3.8, 4) is 0 Å². The van der Waals surface area contributed by atoms with Crippen molar-refractivity contribution in [2.24, 2.45) is 0 Å². The van der Waals surface area contributed by atoms with Gasteiger partial charge in [0.05, 0.1) is 5.69 Å². The van der Waals surface area contributed by atoms with Crippen LogP contribution in [0.1, 0.15) is 19.0 Å². The van der Waals surface area contributed by atoms with Crippen molar-refractivity contribution in [1.29, 1.82) is 0 Å². The summed E-state index contributed by atoms with van der Waals surface area (Å²) in [5.74, 6) is -0.0987. The minimum Gasteiger partial charge on any atom is -0.399 e. The number of alkyl halides is 2. The lowest BCUT2D eigenvalue weighted by molar-refractivity contribution is -0.115. The average Bonchev–Trinajstić information content (AvgIpc) is 2.39. The van der Waals surface area contributed by atoms with Crippen LogP contribution in [0.2, 0.25) is 0 Å². The number of hydrogen-bond donors (Lipinski definition) is 1. The fourth-order valence-electron chi connectivity index (χ4n) is 1.73. The maximum absolute atomic E-state index is 12.7. The molecule has 0 spiro atoms. The second-order valence-electron chi connectivity index (χ2n) is 4.04. The number of halogens is 2. The molecule has 5 nitrogen and oxygen atoms in total. The average molecular weight is 278 g/mol. The predicted octanol–water partition coefficient (Wildman–Crippen LogP) is 2.68. The third-order valence-electron chi connectivity index (χ3n) is 2.56. The molecule has 0 radical (unpaired) electrons. The first-order valence-corrected chi connectivity index (χ1v) is 5.75. The van der Waals surface area contributed by atoms with Crippen molar-refractivity contribution in [1.82, 2.24) is 9.97 Å². The van der Waals surface area contributed by atoms with Crippen LogP contribution < -0.4 is 10.6 Å². The Hall–Kier alpha value is -2.57. The normalized spacial score (nSPS) is 10.6. The van der Waals surface area contributed by atoms with E-state index in [9.17, 15) is 13.6 Å². The smallest absolute Gasteiger partial charge is 0.280 e. The van der Waals surface area contributed by atoms with Gasteiger partial charge in [-0.15, -0.1) is 0 Å². The molecule has 104 valence electrons. The molecule has 7 heteroatoms. The van der Waals surface area contributed by atoms with E-state index in [-0.39, 0.29) is 17.4 Å². The van der Waals surface area contributed by atoms with E-state index in [1.165, 1.54) is 36.4 Å². The number of nitrogen functional groups attached to an aromatic ring is 1. The van der Waals surface area contributed by atoms with Crippen molar-refractivity contribution in [3.05, 3.63) is 42.4 Å². The third-order valence-corrected chi connectivity index (χ3v) is 2.56. The molecular weight excluding hydrogens is 266 g/mol. The van der Waals surface area contributed by atoms with Crippen LogP contribution in [-0.4, -0.2) is 15.9 Å². The topological polar surface area (TPSA) is 72.1 Å². The molecule has 0 bridgehead atoms. The fourth-order valence-corrected chi connectivity index (χ4v) is 1.73. The first-order chi connectivity index (χ1) is 9.49. The molecule has 0 saturated heterocycles. The van der Waals surface area contributed by atoms with Gasteiger partial charge < -0.3 is 5.73 Å². The monoisotopic (exact) mass is 278 g/mol. The highest BCUT2D eigenvalue weighted by atomic mass is 19.3. The summed E-state index contributed by atoms with van der Waals surface area (Å²) in [6.07, 6.45) is -0.0490. The quantitative estimate of drug-likeness (QED) is 0.936. The van der Waals surface area contributed by atoms with E-state index in [1.807, 2.05) is 0 Å². The second-order valence-corrected chi connectivity index (χ2v) is 4.04. The highest BCUT2D eigenvalue weighted by Gasteiger charge is 2.18. The second kappa shape index (κ2) is 5.60. The van der Waals surface area contributed by atoms with Crippen LogP contribution >= 0.6 is 0 Å². The molecule has 20 heavy (non-hydrogen) atoms. The minimum absolute atomic E-state index is 0.265. The zero-order valence-corrected chi connectivity index (χ0v) is 10.6. The Labute approximate surface area is 114 Å². The number of nitrogens with zero attached hydrogens (tertiary/aromatic N) is 3. The van der Waals surface area contributed by atoms with Gasteiger partial charge in [-0.2, -0.15) is 0 Å². The van der Waals surface area contributed by atoms with Gasteiger partial charge in [-0.25, -0.2) is 13.8 Å². The van der Waals surface area contributed by atoms with E-state index >= 15 is 0 Å². The van der Waals surface area contributed by atoms with Gasteiger partial charge in [0.1, 0.15) is 11.5 Å². The lowest BCUT2D eigenvalue weighted by Crippen LogP contribution is -2.24. The zero-order chi connectivity index (χ0) is 14.7. The Morgan fingerprint density at radius 2 is 1.95 bits per heavy atom. The summed E-state index contributed by atoms with van der Waals surface area (Å²) in [4.78, 5) is 20.6. The highest BCUT2D eigenvalue weighted by molar-refractivity contribution is 5.98. The SMILES string of the molecule is CC(=O)N(c1ccnc(C(F)F)c1)c1cc(N)ccn1. The number of anilines is 3. The lowest BCUT2D eigenvalue weighted by Gasteiger charge is -2.20. The van der Waals surface area contributed by atoms with Gasteiger partial charge in [0.2, 0.25) is 5.91 Å². The van der Waals surface area contributed by atoms with Crippen LogP contribution in [0.3, 0.4) is 0 Å². The van der Waals surface area contributed by atoms with Crippen molar-refractivity contribution >= 4 is 23.1 Å². The van der Waals surface area contributed by atoms with Gasteiger partial charge in [0.25, 0.3) is 6.43 Å². The van der Waals surface area contributed by atoms with Gasteiger partial charge in [0, 0.05) is 31.1 Å². The summed E-state index contributed by atoms with van der Waals surface area (Å²) in [6.45, 7) is 1.31. The number of rotatable bonds is 3. The van der Waals surface area contributed by atoms with Crippen LogP contribution in [0.25, 0.3) is 0 Å². The maximum atomic E-state index is 12.7. The molecule has 0 atom stereocenters. The Bertz CT molecular complexity index is 633. The molecule has 0 aliphatic rings. The van der Waals surface area contributed by atoms with E-state index in [0.29, 0.717) is 5.69 Å². The molecule has 2 rings (SSSR count). The van der Waals surface area contributed by atoms with Gasteiger partial charge in [-0.05, 0) is 18.2 Å². The van der Waals surface area contributed by atoms with E-state index in [2.05, 4.69) is 9.97 Å². The zero-order valence-electron chi connectivity index (χ0n) is 10.6. The molecule has 2 heterocycles.